The van der Waals surface area contributed by atoms with Crippen LogP contribution in [0.1, 0.15) is 42.9 Å². The van der Waals surface area contributed by atoms with Gasteiger partial charge in [-0.05, 0) is 44.2 Å². The first-order chi connectivity index (χ1) is 11.4. The largest absolute Gasteiger partial charge is 0.269 e. The number of benzene rings is 1. The molecule has 3 rings (SSSR count). The molecule has 5 nitrogen and oxygen atoms in total. The number of hydrogen-bond donors (Lipinski definition) is 1. The second-order valence-corrected chi connectivity index (χ2v) is 8.23. The summed E-state index contributed by atoms with van der Waals surface area (Å²) in [6, 6.07) is 6.22. The van der Waals surface area contributed by atoms with Gasteiger partial charge in [-0.1, -0.05) is 18.2 Å². The Hall–Kier alpha value is -1.73. The SMILES string of the molecule is Cc1cnn(C2CCC(NS(=O)(=O)Cc3ccccc3F)CC2)c1. The smallest absolute Gasteiger partial charge is 0.216 e. The minimum Gasteiger partial charge on any atom is -0.269 e. The van der Waals surface area contributed by atoms with Crippen LogP contribution >= 0.6 is 0 Å². The van der Waals surface area contributed by atoms with Gasteiger partial charge in [0.1, 0.15) is 5.82 Å². The molecule has 0 atom stereocenters. The summed E-state index contributed by atoms with van der Waals surface area (Å²) in [5, 5.41) is 4.34. The lowest BCUT2D eigenvalue weighted by atomic mass is 9.92. The van der Waals surface area contributed by atoms with Crippen molar-refractivity contribution in [3.05, 3.63) is 53.6 Å². The first-order valence-electron chi connectivity index (χ1n) is 8.17. The van der Waals surface area contributed by atoms with Gasteiger partial charge in [-0.25, -0.2) is 17.5 Å². The van der Waals surface area contributed by atoms with E-state index >= 15 is 0 Å². The average Bonchev–Trinajstić information content (AvgIpc) is 2.96. The van der Waals surface area contributed by atoms with Crippen LogP contribution in [0.3, 0.4) is 0 Å². The van der Waals surface area contributed by atoms with Crippen molar-refractivity contribution in [3.63, 3.8) is 0 Å². The monoisotopic (exact) mass is 351 g/mol. The maximum atomic E-state index is 13.6. The molecule has 1 aliphatic carbocycles. The van der Waals surface area contributed by atoms with Crippen LogP contribution in [0.25, 0.3) is 0 Å². The van der Waals surface area contributed by atoms with Crippen molar-refractivity contribution in [1.29, 1.82) is 0 Å². The number of aromatic nitrogens is 2. The summed E-state index contributed by atoms with van der Waals surface area (Å²) < 4.78 is 42.9. The first kappa shape index (κ1) is 17.1. The summed E-state index contributed by atoms with van der Waals surface area (Å²) in [5.41, 5.74) is 1.33. The van der Waals surface area contributed by atoms with Gasteiger partial charge in [-0.3, -0.25) is 4.68 Å². The fraction of sp³-hybridized carbons (Fsp3) is 0.471. The third-order valence-electron chi connectivity index (χ3n) is 4.45. The fourth-order valence-corrected chi connectivity index (χ4v) is 4.68. The Morgan fingerprint density at radius 2 is 1.96 bits per heavy atom. The highest BCUT2D eigenvalue weighted by atomic mass is 32.2. The van der Waals surface area contributed by atoms with E-state index in [0.717, 1.165) is 31.2 Å². The number of hydrogen-bond acceptors (Lipinski definition) is 3. The molecular weight excluding hydrogens is 329 g/mol. The number of nitrogens with one attached hydrogen (secondary N) is 1. The van der Waals surface area contributed by atoms with E-state index in [-0.39, 0.29) is 17.4 Å². The van der Waals surface area contributed by atoms with Gasteiger partial charge in [0.2, 0.25) is 10.0 Å². The van der Waals surface area contributed by atoms with Crippen LogP contribution in [0.15, 0.2) is 36.7 Å². The highest BCUT2D eigenvalue weighted by molar-refractivity contribution is 7.88. The Morgan fingerprint density at radius 3 is 2.58 bits per heavy atom. The predicted molar refractivity (Wildman–Crippen MR) is 90.4 cm³/mol. The summed E-state index contributed by atoms with van der Waals surface area (Å²) in [6.45, 7) is 2.01. The van der Waals surface area contributed by atoms with Crippen LogP contribution in [0, 0.1) is 12.7 Å². The molecule has 24 heavy (non-hydrogen) atoms. The molecule has 0 spiro atoms. The highest BCUT2D eigenvalue weighted by Gasteiger charge is 2.26. The van der Waals surface area contributed by atoms with Crippen LogP contribution in [0.2, 0.25) is 0 Å². The maximum absolute atomic E-state index is 13.6. The Bertz CT molecular complexity index is 796. The maximum Gasteiger partial charge on any atom is 0.216 e. The molecule has 1 aliphatic rings. The molecule has 1 N–H and O–H groups in total. The second kappa shape index (κ2) is 7.03. The lowest BCUT2D eigenvalue weighted by Crippen LogP contribution is -2.38. The summed E-state index contributed by atoms with van der Waals surface area (Å²) in [7, 11) is -3.55. The molecule has 1 aromatic carbocycles. The quantitative estimate of drug-likeness (QED) is 0.901. The van der Waals surface area contributed by atoms with E-state index in [1.807, 2.05) is 24.0 Å². The number of sulfonamides is 1. The molecule has 1 saturated carbocycles. The van der Waals surface area contributed by atoms with E-state index in [2.05, 4.69) is 9.82 Å². The highest BCUT2D eigenvalue weighted by Crippen LogP contribution is 2.28. The topological polar surface area (TPSA) is 64.0 Å². The van der Waals surface area contributed by atoms with Crippen molar-refractivity contribution in [2.75, 3.05) is 0 Å². The minimum atomic E-state index is -3.55. The Morgan fingerprint density at radius 1 is 1.25 bits per heavy atom. The minimum absolute atomic E-state index is 0.0883. The van der Waals surface area contributed by atoms with E-state index in [4.69, 9.17) is 0 Å². The summed E-state index contributed by atoms with van der Waals surface area (Å²) >= 11 is 0. The van der Waals surface area contributed by atoms with Crippen LogP contribution in [-0.4, -0.2) is 24.2 Å². The predicted octanol–water partition coefficient (Wildman–Crippen LogP) is 2.93. The third kappa shape index (κ3) is 4.21. The molecule has 130 valence electrons. The van der Waals surface area contributed by atoms with Crippen molar-refractivity contribution in [2.45, 2.75) is 50.4 Å². The van der Waals surface area contributed by atoms with Crippen LogP contribution in [0.5, 0.6) is 0 Å². The number of nitrogens with zero attached hydrogens (tertiary/aromatic N) is 2. The molecular formula is C17H22FN3O2S. The molecule has 1 fully saturated rings. The van der Waals surface area contributed by atoms with E-state index in [9.17, 15) is 12.8 Å². The van der Waals surface area contributed by atoms with Gasteiger partial charge in [-0.15, -0.1) is 0 Å². The standard InChI is InChI=1S/C17H22FN3O2S/c1-13-10-19-21(11-13)16-8-6-15(7-9-16)20-24(22,23)12-14-4-2-3-5-17(14)18/h2-5,10-11,15-16,20H,6-9,12H2,1H3. The molecule has 2 aromatic rings. The van der Waals surface area contributed by atoms with Gasteiger partial charge >= 0.3 is 0 Å². The average molecular weight is 351 g/mol. The van der Waals surface area contributed by atoms with Gasteiger partial charge in [-0.2, -0.15) is 5.10 Å². The van der Waals surface area contributed by atoms with Gasteiger partial charge in [0, 0.05) is 17.8 Å². The Labute approximate surface area is 141 Å². The van der Waals surface area contributed by atoms with Crippen LogP contribution < -0.4 is 4.72 Å². The van der Waals surface area contributed by atoms with E-state index in [0.29, 0.717) is 6.04 Å². The Balaban J connectivity index is 1.56. The second-order valence-electron chi connectivity index (χ2n) is 6.47. The molecule has 1 heterocycles. The van der Waals surface area contributed by atoms with Crippen molar-refractivity contribution < 1.29 is 12.8 Å². The molecule has 0 unspecified atom stereocenters. The van der Waals surface area contributed by atoms with Gasteiger partial charge < -0.3 is 0 Å². The lowest BCUT2D eigenvalue weighted by Gasteiger charge is -2.29. The Kier molecular flexibility index (Phi) is 5.01. The van der Waals surface area contributed by atoms with Crippen molar-refractivity contribution in [2.24, 2.45) is 0 Å². The molecule has 7 heteroatoms. The lowest BCUT2D eigenvalue weighted by molar-refractivity contribution is 0.293. The number of halogens is 1. The zero-order chi connectivity index (χ0) is 17.2. The van der Waals surface area contributed by atoms with E-state index in [1.54, 1.807) is 12.1 Å². The van der Waals surface area contributed by atoms with Crippen LogP contribution in [-0.2, 0) is 15.8 Å². The summed E-state index contributed by atoms with van der Waals surface area (Å²) in [4.78, 5) is 0. The number of aryl methyl sites for hydroxylation is 1. The van der Waals surface area contributed by atoms with E-state index in [1.165, 1.54) is 12.1 Å². The first-order valence-corrected chi connectivity index (χ1v) is 9.82. The van der Waals surface area contributed by atoms with Crippen molar-refractivity contribution >= 4 is 10.0 Å². The molecule has 1 aromatic heterocycles. The van der Waals surface area contributed by atoms with Crippen LogP contribution in [0.4, 0.5) is 4.39 Å². The molecule has 0 amide bonds. The molecule has 0 bridgehead atoms. The molecule has 0 saturated heterocycles. The fourth-order valence-electron chi connectivity index (χ4n) is 3.21. The number of rotatable bonds is 5. The van der Waals surface area contributed by atoms with Gasteiger partial charge in [0.25, 0.3) is 0 Å². The molecule has 0 radical (unpaired) electrons. The van der Waals surface area contributed by atoms with Crippen molar-refractivity contribution in [3.8, 4) is 0 Å². The van der Waals surface area contributed by atoms with Crippen molar-refractivity contribution in [1.82, 2.24) is 14.5 Å². The summed E-state index contributed by atoms with van der Waals surface area (Å²) in [6.07, 6.45) is 7.15. The molecule has 0 aliphatic heterocycles. The zero-order valence-electron chi connectivity index (χ0n) is 13.7. The van der Waals surface area contributed by atoms with E-state index < -0.39 is 15.8 Å². The van der Waals surface area contributed by atoms with Gasteiger partial charge in [0.15, 0.2) is 0 Å². The zero-order valence-corrected chi connectivity index (χ0v) is 14.5. The third-order valence-corrected chi connectivity index (χ3v) is 5.83. The summed E-state index contributed by atoms with van der Waals surface area (Å²) in [5.74, 6) is -0.807. The van der Waals surface area contributed by atoms with Gasteiger partial charge in [0.05, 0.1) is 18.0 Å². The normalized spacial score (nSPS) is 21.8.